The summed E-state index contributed by atoms with van der Waals surface area (Å²) in [6, 6.07) is 8.07. The first-order chi connectivity index (χ1) is 9.24. The first kappa shape index (κ1) is 14.1. The molecule has 0 radical (unpaired) electrons. The second kappa shape index (κ2) is 6.73. The van der Waals surface area contributed by atoms with E-state index in [0.717, 1.165) is 24.5 Å². The van der Waals surface area contributed by atoms with E-state index in [1.165, 1.54) is 11.1 Å². The normalized spacial score (nSPS) is 12.6. The highest BCUT2D eigenvalue weighted by atomic mass is 35.5. The van der Waals surface area contributed by atoms with Gasteiger partial charge in [-0.25, -0.2) is 0 Å². The van der Waals surface area contributed by atoms with E-state index < -0.39 is 0 Å². The number of hydrogen-bond donors (Lipinski definition) is 1. The standard InChI is InChI=1S/C15H20ClN3/c1-3-19-11-12(9-18-19)8-13(10-17-2)14-6-4-5-7-15(14)16/h4-7,9,11,13,17H,3,8,10H2,1-2H3. The van der Waals surface area contributed by atoms with Crippen LogP contribution in [0.25, 0.3) is 0 Å². The maximum Gasteiger partial charge on any atom is 0.0521 e. The largest absolute Gasteiger partial charge is 0.319 e. The number of benzene rings is 1. The smallest absolute Gasteiger partial charge is 0.0521 e. The zero-order valence-electron chi connectivity index (χ0n) is 11.4. The molecule has 2 aromatic rings. The fourth-order valence-corrected chi connectivity index (χ4v) is 2.60. The second-order valence-electron chi connectivity index (χ2n) is 4.68. The Morgan fingerprint density at radius 1 is 1.37 bits per heavy atom. The van der Waals surface area contributed by atoms with E-state index >= 15 is 0 Å². The number of halogens is 1. The molecule has 2 rings (SSSR count). The lowest BCUT2D eigenvalue weighted by Crippen LogP contribution is -2.19. The number of hydrogen-bond acceptors (Lipinski definition) is 2. The van der Waals surface area contributed by atoms with Crippen LogP contribution >= 0.6 is 11.6 Å². The van der Waals surface area contributed by atoms with Crippen LogP contribution < -0.4 is 5.32 Å². The van der Waals surface area contributed by atoms with Gasteiger partial charge >= 0.3 is 0 Å². The number of nitrogens with one attached hydrogen (secondary N) is 1. The molecule has 0 fully saturated rings. The highest BCUT2D eigenvalue weighted by Gasteiger charge is 2.15. The van der Waals surface area contributed by atoms with Crippen molar-refractivity contribution in [2.75, 3.05) is 13.6 Å². The third-order valence-corrected chi connectivity index (χ3v) is 3.63. The molecule has 3 nitrogen and oxygen atoms in total. The van der Waals surface area contributed by atoms with E-state index in [9.17, 15) is 0 Å². The molecule has 1 atom stereocenters. The fraction of sp³-hybridized carbons (Fsp3) is 0.400. The molecule has 1 aromatic carbocycles. The Hall–Kier alpha value is -1.32. The van der Waals surface area contributed by atoms with Crippen molar-refractivity contribution in [3.05, 3.63) is 52.8 Å². The molecule has 0 aliphatic rings. The Morgan fingerprint density at radius 2 is 2.16 bits per heavy atom. The van der Waals surface area contributed by atoms with Crippen molar-refractivity contribution in [3.8, 4) is 0 Å². The Balaban J connectivity index is 2.18. The average molecular weight is 278 g/mol. The molecule has 0 bridgehead atoms. The van der Waals surface area contributed by atoms with Gasteiger partial charge in [0, 0.05) is 30.2 Å². The molecular weight excluding hydrogens is 258 g/mol. The summed E-state index contributed by atoms with van der Waals surface area (Å²) in [5.74, 6) is 0.369. The Kier molecular flexibility index (Phi) is 5.00. The van der Waals surface area contributed by atoms with E-state index in [4.69, 9.17) is 11.6 Å². The summed E-state index contributed by atoms with van der Waals surface area (Å²) < 4.78 is 1.96. The van der Waals surface area contributed by atoms with Gasteiger partial charge in [0.25, 0.3) is 0 Å². The van der Waals surface area contributed by atoms with E-state index in [1.807, 2.05) is 36.1 Å². The summed E-state index contributed by atoms with van der Waals surface area (Å²) >= 11 is 6.30. The Morgan fingerprint density at radius 3 is 2.79 bits per heavy atom. The number of nitrogens with zero attached hydrogens (tertiary/aromatic N) is 2. The van der Waals surface area contributed by atoms with E-state index in [2.05, 4.69) is 29.6 Å². The van der Waals surface area contributed by atoms with E-state index in [-0.39, 0.29) is 0 Å². The first-order valence-corrected chi connectivity index (χ1v) is 7.02. The predicted octanol–water partition coefficient (Wildman–Crippen LogP) is 3.10. The van der Waals surface area contributed by atoms with Crippen LogP contribution in [0.1, 0.15) is 24.0 Å². The topological polar surface area (TPSA) is 29.9 Å². The molecule has 1 heterocycles. The summed E-state index contributed by atoms with van der Waals surface area (Å²) in [5.41, 5.74) is 2.45. The molecule has 0 spiro atoms. The molecule has 0 saturated heterocycles. The van der Waals surface area contributed by atoms with Crippen LogP contribution in [0.4, 0.5) is 0 Å². The van der Waals surface area contributed by atoms with Gasteiger partial charge in [-0.2, -0.15) is 5.10 Å². The van der Waals surface area contributed by atoms with Gasteiger partial charge in [-0.1, -0.05) is 29.8 Å². The third-order valence-electron chi connectivity index (χ3n) is 3.29. The first-order valence-electron chi connectivity index (χ1n) is 6.65. The van der Waals surface area contributed by atoms with Gasteiger partial charge in [0.05, 0.1) is 6.20 Å². The van der Waals surface area contributed by atoms with Crippen molar-refractivity contribution >= 4 is 11.6 Å². The summed E-state index contributed by atoms with van der Waals surface area (Å²) in [6.45, 7) is 3.90. The zero-order valence-corrected chi connectivity index (χ0v) is 12.2. The van der Waals surface area contributed by atoms with Crippen molar-refractivity contribution in [1.29, 1.82) is 0 Å². The minimum absolute atomic E-state index is 0.369. The molecule has 19 heavy (non-hydrogen) atoms. The SMILES string of the molecule is CCn1cc(CC(CNC)c2ccccc2Cl)cn1. The van der Waals surface area contributed by atoms with Crippen molar-refractivity contribution < 1.29 is 0 Å². The number of aromatic nitrogens is 2. The van der Waals surface area contributed by atoms with Gasteiger partial charge in [-0.15, -0.1) is 0 Å². The van der Waals surface area contributed by atoms with Gasteiger partial charge in [-0.3, -0.25) is 4.68 Å². The van der Waals surface area contributed by atoms with Crippen LogP contribution in [0.3, 0.4) is 0 Å². The van der Waals surface area contributed by atoms with Crippen LogP contribution in [0.2, 0.25) is 5.02 Å². The van der Waals surface area contributed by atoms with Crippen LogP contribution in [0.15, 0.2) is 36.7 Å². The summed E-state index contributed by atoms with van der Waals surface area (Å²) in [4.78, 5) is 0. The lowest BCUT2D eigenvalue weighted by atomic mass is 9.93. The monoisotopic (exact) mass is 277 g/mol. The Labute approximate surface area is 119 Å². The van der Waals surface area contributed by atoms with Crippen molar-refractivity contribution in [2.45, 2.75) is 25.8 Å². The van der Waals surface area contributed by atoms with Gasteiger partial charge in [-0.05, 0) is 37.6 Å². The maximum absolute atomic E-state index is 6.30. The van der Waals surface area contributed by atoms with Crippen LogP contribution in [0.5, 0.6) is 0 Å². The van der Waals surface area contributed by atoms with Crippen molar-refractivity contribution in [1.82, 2.24) is 15.1 Å². The number of likely N-dealkylation sites (N-methyl/N-ethyl adjacent to an activating group) is 1. The maximum atomic E-state index is 6.30. The molecule has 102 valence electrons. The number of aryl methyl sites for hydroxylation is 1. The lowest BCUT2D eigenvalue weighted by molar-refractivity contribution is 0.623. The van der Waals surface area contributed by atoms with Gasteiger partial charge in [0.1, 0.15) is 0 Å². The highest BCUT2D eigenvalue weighted by Crippen LogP contribution is 2.27. The van der Waals surface area contributed by atoms with Crippen molar-refractivity contribution in [2.24, 2.45) is 0 Å². The third kappa shape index (κ3) is 3.58. The lowest BCUT2D eigenvalue weighted by Gasteiger charge is -2.17. The molecule has 1 aromatic heterocycles. The summed E-state index contributed by atoms with van der Waals surface area (Å²) in [7, 11) is 1.97. The average Bonchev–Trinajstić information content (AvgIpc) is 2.87. The van der Waals surface area contributed by atoms with E-state index in [1.54, 1.807) is 0 Å². The van der Waals surface area contributed by atoms with Crippen LogP contribution in [-0.4, -0.2) is 23.4 Å². The molecule has 1 N–H and O–H groups in total. The van der Waals surface area contributed by atoms with Gasteiger partial charge < -0.3 is 5.32 Å². The van der Waals surface area contributed by atoms with Gasteiger partial charge in [0.15, 0.2) is 0 Å². The fourth-order valence-electron chi connectivity index (χ4n) is 2.31. The van der Waals surface area contributed by atoms with Crippen molar-refractivity contribution in [3.63, 3.8) is 0 Å². The Bertz CT molecular complexity index is 522. The molecule has 1 unspecified atom stereocenters. The highest BCUT2D eigenvalue weighted by molar-refractivity contribution is 6.31. The molecular formula is C15H20ClN3. The summed E-state index contributed by atoms with van der Waals surface area (Å²) in [6.07, 6.45) is 5.01. The second-order valence-corrected chi connectivity index (χ2v) is 5.09. The minimum Gasteiger partial charge on any atom is -0.319 e. The van der Waals surface area contributed by atoms with Crippen LogP contribution in [0, 0.1) is 0 Å². The quantitative estimate of drug-likeness (QED) is 0.879. The van der Waals surface area contributed by atoms with E-state index in [0.29, 0.717) is 5.92 Å². The molecule has 0 aliphatic carbocycles. The minimum atomic E-state index is 0.369. The molecule has 0 aliphatic heterocycles. The predicted molar refractivity (Wildman–Crippen MR) is 79.7 cm³/mol. The van der Waals surface area contributed by atoms with Crippen LogP contribution in [-0.2, 0) is 13.0 Å². The number of rotatable bonds is 6. The molecule has 0 amide bonds. The molecule has 4 heteroatoms. The van der Waals surface area contributed by atoms with Gasteiger partial charge in [0.2, 0.25) is 0 Å². The summed E-state index contributed by atoms with van der Waals surface area (Å²) in [5, 5.41) is 8.41. The molecule has 0 saturated carbocycles. The zero-order chi connectivity index (χ0) is 13.7.